The van der Waals surface area contributed by atoms with Crippen molar-refractivity contribution < 1.29 is 14.7 Å². The number of likely N-dealkylation sites (N-methyl/N-ethyl adjacent to an activating group) is 1. The lowest BCUT2D eigenvalue weighted by molar-refractivity contribution is -0.129. The summed E-state index contributed by atoms with van der Waals surface area (Å²) in [6.45, 7) is 2.40. The molecule has 0 fully saturated rings. The third-order valence-corrected chi connectivity index (χ3v) is 3.97. The summed E-state index contributed by atoms with van der Waals surface area (Å²) in [7, 11) is 1.71. The zero-order valence-electron chi connectivity index (χ0n) is 11.9. The van der Waals surface area contributed by atoms with Crippen molar-refractivity contribution in [1.29, 1.82) is 0 Å². The first-order chi connectivity index (χ1) is 9.97. The molecule has 21 heavy (non-hydrogen) atoms. The molecule has 1 heterocycles. The Labute approximate surface area is 126 Å². The highest BCUT2D eigenvalue weighted by Gasteiger charge is 2.16. The monoisotopic (exact) mass is 304 g/mol. The molecule has 2 rings (SSSR count). The fourth-order valence-electron chi connectivity index (χ4n) is 1.98. The van der Waals surface area contributed by atoms with E-state index >= 15 is 0 Å². The molecular formula is C15H16N2O3S. The van der Waals surface area contributed by atoms with Gasteiger partial charge >= 0.3 is 5.97 Å². The Bertz CT molecular complexity index is 666. The number of rotatable bonds is 5. The Morgan fingerprint density at radius 1 is 1.33 bits per heavy atom. The largest absolute Gasteiger partial charge is 0.478 e. The van der Waals surface area contributed by atoms with Crippen LogP contribution < -0.4 is 0 Å². The quantitative estimate of drug-likeness (QED) is 0.920. The Hall–Kier alpha value is -2.21. The molecule has 0 unspecified atom stereocenters. The first-order valence-electron chi connectivity index (χ1n) is 6.44. The van der Waals surface area contributed by atoms with Crippen molar-refractivity contribution in [3.05, 3.63) is 51.5 Å². The molecule has 0 bridgehead atoms. The third-order valence-electron chi connectivity index (χ3n) is 3.08. The first-order valence-corrected chi connectivity index (χ1v) is 7.25. The van der Waals surface area contributed by atoms with Crippen LogP contribution in [0, 0.1) is 6.92 Å². The molecule has 1 amide bonds. The van der Waals surface area contributed by atoms with Gasteiger partial charge in [-0.1, -0.05) is 18.2 Å². The zero-order valence-corrected chi connectivity index (χ0v) is 12.7. The fraction of sp³-hybridized carbons (Fsp3) is 0.267. The number of hydrogen-bond donors (Lipinski definition) is 1. The van der Waals surface area contributed by atoms with Gasteiger partial charge in [-0.05, 0) is 18.6 Å². The van der Waals surface area contributed by atoms with Crippen molar-refractivity contribution in [3.63, 3.8) is 0 Å². The standard InChI is InChI=1S/C15H16N2O3S/c1-10-16-8-12(21-10)9-17(2)14(18)7-11-5-3-4-6-13(11)15(19)20/h3-6,8H,7,9H2,1-2H3,(H,19,20). The molecule has 5 nitrogen and oxygen atoms in total. The van der Waals surface area contributed by atoms with Crippen LogP contribution in [0.2, 0.25) is 0 Å². The second-order valence-corrected chi connectivity index (χ2v) is 6.05. The summed E-state index contributed by atoms with van der Waals surface area (Å²) in [6, 6.07) is 6.58. The highest BCUT2D eigenvalue weighted by Crippen LogP contribution is 2.15. The van der Waals surface area contributed by atoms with Crippen molar-refractivity contribution in [1.82, 2.24) is 9.88 Å². The lowest BCUT2D eigenvalue weighted by Crippen LogP contribution is -2.28. The Morgan fingerprint density at radius 2 is 2.05 bits per heavy atom. The van der Waals surface area contributed by atoms with E-state index in [1.54, 1.807) is 47.7 Å². The summed E-state index contributed by atoms with van der Waals surface area (Å²) in [4.78, 5) is 30.1. The van der Waals surface area contributed by atoms with Crippen LogP contribution in [0.25, 0.3) is 0 Å². The molecule has 1 aromatic carbocycles. The molecule has 110 valence electrons. The number of amides is 1. The third kappa shape index (κ3) is 3.88. The van der Waals surface area contributed by atoms with E-state index in [1.807, 2.05) is 6.92 Å². The van der Waals surface area contributed by atoms with Crippen LogP contribution in [0.15, 0.2) is 30.5 Å². The summed E-state index contributed by atoms with van der Waals surface area (Å²) in [6.07, 6.45) is 1.84. The normalized spacial score (nSPS) is 10.4. The van der Waals surface area contributed by atoms with Crippen LogP contribution in [0.5, 0.6) is 0 Å². The minimum Gasteiger partial charge on any atom is -0.478 e. The molecule has 0 atom stereocenters. The predicted octanol–water partition coefficient (Wildman–Crippen LogP) is 2.35. The topological polar surface area (TPSA) is 70.5 Å². The number of carbonyl (C=O) groups is 2. The highest BCUT2D eigenvalue weighted by atomic mass is 32.1. The van der Waals surface area contributed by atoms with E-state index in [4.69, 9.17) is 5.11 Å². The second-order valence-electron chi connectivity index (χ2n) is 4.73. The smallest absolute Gasteiger partial charge is 0.335 e. The number of hydrogen-bond acceptors (Lipinski definition) is 4. The van der Waals surface area contributed by atoms with Crippen LogP contribution in [0.1, 0.15) is 25.8 Å². The Morgan fingerprint density at radius 3 is 2.67 bits per heavy atom. The molecular weight excluding hydrogens is 288 g/mol. The molecule has 1 N–H and O–H groups in total. The van der Waals surface area contributed by atoms with Crippen molar-refractivity contribution in [2.75, 3.05) is 7.05 Å². The van der Waals surface area contributed by atoms with Gasteiger partial charge in [0.2, 0.25) is 5.91 Å². The van der Waals surface area contributed by atoms with Crippen LogP contribution in [0.4, 0.5) is 0 Å². The molecule has 2 aromatic rings. The molecule has 6 heteroatoms. The van der Waals surface area contributed by atoms with Crippen molar-refractivity contribution >= 4 is 23.2 Å². The van der Waals surface area contributed by atoms with Crippen LogP contribution in [-0.2, 0) is 17.8 Å². The van der Waals surface area contributed by atoms with Gasteiger partial charge in [0, 0.05) is 18.1 Å². The SMILES string of the molecule is Cc1ncc(CN(C)C(=O)Cc2ccccc2C(=O)O)s1. The Balaban J connectivity index is 2.05. The summed E-state index contributed by atoms with van der Waals surface area (Å²) >= 11 is 1.55. The highest BCUT2D eigenvalue weighted by molar-refractivity contribution is 7.11. The number of aryl methyl sites for hydroxylation is 1. The lowest BCUT2D eigenvalue weighted by Gasteiger charge is -2.16. The van der Waals surface area contributed by atoms with Gasteiger partial charge in [0.05, 0.1) is 23.5 Å². The number of carbonyl (C=O) groups excluding carboxylic acids is 1. The van der Waals surface area contributed by atoms with Crippen molar-refractivity contribution in [2.45, 2.75) is 19.9 Å². The molecule has 0 aliphatic heterocycles. The van der Waals surface area contributed by atoms with Gasteiger partial charge < -0.3 is 10.0 Å². The predicted molar refractivity (Wildman–Crippen MR) is 80.4 cm³/mol. The first kappa shape index (κ1) is 15.2. The average molecular weight is 304 g/mol. The molecule has 0 radical (unpaired) electrons. The number of benzene rings is 1. The summed E-state index contributed by atoms with van der Waals surface area (Å²) < 4.78 is 0. The Kier molecular flexibility index (Phi) is 4.70. The molecule has 0 saturated carbocycles. The molecule has 1 aromatic heterocycles. The molecule has 0 spiro atoms. The lowest BCUT2D eigenvalue weighted by atomic mass is 10.0. The average Bonchev–Trinajstić information content (AvgIpc) is 2.84. The van der Waals surface area contributed by atoms with Crippen molar-refractivity contribution in [3.8, 4) is 0 Å². The zero-order chi connectivity index (χ0) is 15.4. The van der Waals surface area contributed by atoms with Gasteiger partial charge in [-0.3, -0.25) is 4.79 Å². The van der Waals surface area contributed by atoms with Gasteiger partial charge in [0.1, 0.15) is 0 Å². The molecule has 0 aliphatic carbocycles. The van der Waals surface area contributed by atoms with Gasteiger partial charge in [-0.2, -0.15) is 0 Å². The van der Waals surface area contributed by atoms with E-state index in [9.17, 15) is 9.59 Å². The van der Waals surface area contributed by atoms with E-state index in [0.717, 1.165) is 9.88 Å². The number of carboxylic acid groups (broad SMARTS) is 1. The molecule has 0 saturated heterocycles. The summed E-state index contributed by atoms with van der Waals surface area (Å²) in [5.41, 5.74) is 0.704. The maximum absolute atomic E-state index is 12.2. The summed E-state index contributed by atoms with van der Waals surface area (Å²) in [5, 5.41) is 10.1. The number of aromatic nitrogens is 1. The van der Waals surface area contributed by atoms with Gasteiger partial charge in [0.15, 0.2) is 0 Å². The van der Waals surface area contributed by atoms with Crippen LogP contribution in [0.3, 0.4) is 0 Å². The maximum atomic E-state index is 12.2. The maximum Gasteiger partial charge on any atom is 0.335 e. The minimum atomic E-state index is -1.01. The van der Waals surface area contributed by atoms with Gasteiger partial charge in [0.25, 0.3) is 0 Å². The molecule has 0 aliphatic rings. The minimum absolute atomic E-state index is 0.0801. The number of thiazole rings is 1. The van der Waals surface area contributed by atoms with Gasteiger partial charge in [-0.15, -0.1) is 11.3 Å². The van der Waals surface area contributed by atoms with E-state index in [-0.39, 0.29) is 17.9 Å². The number of aromatic carboxylic acids is 1. The second kappa shape index (κ2) is 6.49. The van der Waals surface area contributed by atoms with Crippen molar-refractivity contribution in [2.24, 2.45) is 0 Å². The fourth-order valence-corrected chi connectivity index (χ4v) is 2.83. The number of nitrogens with zero attached hydrogens (tertiary/aromatic N) is 2. The van der Waals surface area contributed by atoms with Gasteiger partial charge in [-0.25, -0.2) is 9.78 Å². The van der Waals surface area contributed by atoms with Crippen LogP contribution in [-0.4, -0.2) is 33.9 Å². The summed E-state index contributed by atoms with van der Waals surface area (Å²) in [5.74, 6) is -1.13. The number of carboxylic acids is 1. The van der Waals surface area contributed by atoms with E-state index in [2.05, 4.69) is 4.98 Å². The van der Waals surface area contributed by atoms with Crippen LogP contribution >= 0.6 is 11.3 Å². The van der Waals surface area contributed by atoms with E-state index in [1.165, 1.54) is 6.07 Å². The van der Waals surface area contributed by atoms with E-state index in [0.29, 0.717) is 12.1 Å². The van der Waals surface area contributed by atoms with E-state index < -0.39 is 5.97 Å².